The van der Waals surface area contributed by atoms with Crippen LogP contribution in [0, 0.1) is 13.8 Å². The van der Waals surface area contributed by atoms with Gasteiger partial charge in [-0.3, -0.25) is 4.98 Å². The van der Waals surface area contributed by atoms with Gasteiger partial charge in [0, 0.05) is 42.8 Å². The third-order valence-corrected chi connectivity index (χ3v) is 4.28. The van der Waals surface area contributed by atoms with E-state index in [-0.39, 0.29) is 0 Å². The number of rotatable bonds is 7. The summed E-state index contributed by atoms with van der Waals surface area (Å²) in [6.07, 6.45) is 3.55. The van der Waals surface area contributed by atoms with E-state index < -0.39 is 0 Å². The molecule has 0 spiro atoms. The maximum atomic E-state index is 4.68. The fourth-order valence-corrected chi connectivity index (χ4v) is 2.79. The predicted octanol–water partition coefficient (Wildman–Crippen LogP) is 3.87. The minimum atomic E-state index is 0.611. The summed E-state index contributed by atoms with van der Waals surface area (Å²) in [4.78, 5) is 15.6. The highest BCUT2D eigenvalue weighted by atomic mass is 15.2. The van der Waals surface area contributed by atoms with E-state index in [9.17, 15) is 0 Å². The maximum Gasteiger partial charge on any atom is 0.225 e. The number of nitrogens with zero attached hydrogens (tertiary/aromatic N) is 4. The van der Waals surface area contributed by atoms with Crippen molar-refractivity contribution in [1.82, 2.24) is 19.9 Å². The van der Waals surface area contributed by atoms with Crippen molar-refractivity contribution in [2.45, 2.75) is 13.8 Å². The predicted molar refractivity (Wildman–Crippen MR) is 112 cm³/mol. The summed E-state index contributed by atoms with van der Waals surface area (Å²) in [6, 6.07) is 12.1. The Morgan fingerprint density at radius 1 is 0.963 bits per heavy atom. The number of para-hydroxylation sites is 1. The molecule has 0 atom stereocenters. The molecule has 0 aliphatic carbocycles. The topological polar surface area (TPSA) is 66.0 Å². The highest BCUT2D eigenvalue weighted by molar-refractivity contribution is 5.69. The molecular formula is C21H26N6. The van der Waals surface area contributed by atoms with Gasteiger partial charge in [-0.05, 0) is 51.2 Å². The fourth-order valence-electron chi connectivity index (χ4n) is 2.79. The van der Waals surface area contributed by atoms with E-state index in [1.54, 1.807) is 12.4 Å². The number of benzene rings is 1. The van der Waals surface area contributed by atoms with Crippen molar-refractivity contribution in [3.05, 3.63) is 59.9 Å². The molecule has 0 saturated carbocycles. The molecule has 6 nitrogen and oxygen atoms in total. The second kappa shape index (κ2) is 8.60. The lowest BCUT2D eigenvalue weighted by Gasteiger charge is -2.15. The van der Waals surface area contributed by atoms with E-state index in [2.05, 4.69) is 62.5 Å². The third kappa shape index (κ3) is 5.01. The lowest BCUT2D eigenvalue weighted by Crippen LogP contribution is -2.21. The van der Waals surface area contributed by atoms with Gasteiger partial charge in [0.2, 0.25) is 5.95 Å². The Labute approximate surface area is 160 Å². The van der Waals surface area contributed by atoms with Crippen LogP contribution in [0.15, 0.2) is 48.8 Å². The van der Waals surface area contributed by atoms with Crippen LogP contribution < -0.4 is 10.6 Å². The summed E-state index contributed by atoms with van der Waals surface area (Å²) in [6.45, 7) is 5.87. The Balaban J connectivity index is 1.94. The summed E-state index contributed by atoms with van der Waals surface area (Å²) in [5, 5.41) is 6.80. The van der Waals surface area contributed by atoms with Crippen molar-refractivity contribution in [2.75, 3.05) is 37.8 Å². The summed E-state index contributed by atoms with van der Waals surface area (Å²) < 4.78 is 0. The van der Waals surface area contributed by atoms with Crippen LogP contribution >= 0.6 is 0 Å². The average molecular weight is 362 g/mol. The van der Waals surface area contributed by atoms with Crippen molar-refractivity contribution in [2.24, 2.45) is 0 Å². The van der Waals surface area contributed by atoms with Crippen LogP contribution in [0.1, 0.15) is 11.1 Å². The Morgan fingerprint density at radius 2 is 1.67 bits per heavy atom. The summed E-state index contributed by atoms with van der Waals surface area (Å²) in [7, 11) is 4.09. The molecule has 2 heterocycles. The van der Waals surface area contributed by atoms with Gasteiger partial charge in [0.25, 0.3) is 0 Å². The fraction of sp³-hybridized carbons (Fsp3) is 0.286. The lowest BCUT2D eigenvalue weighted by molar-refractivity contribution is 0.425. The quantitative estimate of drug-likeness (QED) is 0.665. The lowest BCUT2D eigenvalue weighted by atomic mass is 10.1. The van der Waals surface area contributed by atoms with Gasteiger partial charge in [-0.15, -0.1) is 0 Å². The molecule has 3 rings (SSSR count). The number of likely N-dealkylation sites (N-methyl/N-ethyl adjacent to an activating group) is 1. The van der Waals surface area contributed by atoms with E-state index in [4.69, 9.17) is 0 Å². The second-order valence-electron chi connectivity index (χ2n) is 6.82. The van der Waals surface area contributed by atoms with Crippen LogP contribution in [-0.4, -0.2) is 47.0 Å². The molecule has 0 bridgehead atoms. The number of hydrogen-bond donors (Lipinski definition) is 2. The van der Waals surface area contributed by atoms with Crippen molar-refractivity contribution in [3.8, 4) is 11.3 Å². The molecule has 0 unspecified atom stereocenters. The molecule has 0 fully saturated rings. The SMILES string of the molecule is Cc1cccc(C)c1Nc1cc(-c2ccncc2)nc(NCCN(C)C)n1. The Bertz CT molecular complexity index is 872. The number of hydrogen-bond acceptors (Lipinski definition) is 6. The van der Waals surface area contributed by atoms with E-state index in [1.165, 1.54) is 11.1 Å². The monoisotopic (exact) mass is 362 g/mol. The molecule has 2 aromatic heterocycles. The summed E-state index contributed by atoms with van der Waals surface area (Å²) in [5.41, 5.74) is 5.31. The van der Waals surface area contributed by atoms with Crippen molar-refractivity contribution in [3.63, 3.8) is 0 Å². The minimum absolute atomic E-state index is 0.611. The molecule has 3 aromatic rings. The average Bonchev–Trinajstić information content (AvgIpc) is 2.65. The van der Waals surface area contributed by atoms with Crippen LogP contribution in [0.5, 0.6) is 0 Å². The number of aryl methyl sites for hydroxylation is 2. The van der Waals surface area contributed by atoms with Crippen molar-refractivity contribution < 1.29 is 0 Å². The largest absolute Gasteiger partial charge is 0.353 e. The minimum Gasteiger partial charge on any atom is -0.353 e. The number of aromatic nitrogens is 3. The number of nitrogens with one attached hydrogen (secondary N) is 2. The molecule has 6 heteroatoms. The van der Waals surface area contributed by atoms with E-state index in [1.807, 2.05) is 32.3 Å². The van der Waals surface area contributed by atoms with Gasteiger partial charge in [0.05, 0.1) is 5.69 Å². The van der Waals surface area contributed by atoms with Gasteiger partial charge in [-0.1, -0.05) is 18.2 Å². The first kappa shape index (κ1) is 18.8. The first-order valence-corrected chi connectivity index (χ1v) is 9.04. The maximum absolute atomic E-state index is 4.68. The number of pyridine rings is 1. The molecule has 0 aliphatic rings. The molecule has 1 aromatic carbocycles. The third-order valence-electron chi connectivity index (χ3n) is 4.28. The smallest absolute Gasteiger partial charge is 0.225 e. The highest BCUT2D eigenvalue weighted by Crippen LogP contribution is 2.26. The first-order valence-electron chi connectivity index (χ1n) is 9.04. The zero-order valence-corrected chi connectivity index (χ0v) is 16.3. The van der Waals surface area contributed by atoms with Crippen LogP contribution in [0.4, 0.5) is 17.5 Å². The van der Waals surface area contributed by atoms with Gasteiger partial charge in [-0.2, -0.15) is 4.98 Å². The summed E-state index contributed by atoms with van der Waals surface area (Å²) >= 11 is 0. The Morgan fingerprint density at radius 3 is 2.33 bits per heavy atom. The molecular weight excluding hydrogens is 336 g/mol. The van der Waals surface area contributed by atoms with Crippen LogP contribution in [0.25, 0.3) is 11.3 Å². The van der Waals surface area contributed by atoms with E-state index in [0.29, 0.717) is 5.95 Å². The van der Waals surface area contributed by atoms with Gasteiger partial charge < -0.3 is 15.5 Å². The standard InChI is InChI=1S/C21H26N6/c1-15-6-5-7-16(2)20(15)25-19-14-18(17-8-10-22-11-9-17)24-21(26-19)23-12-13-27(3)4/h5-11,14H,12-13H2,1-4H3,(H2,23,24,25,26). The van der Waals surface area contributed by atoms with Crippen molar-refractivity contribution in [1.29, 1.82) is 0 Å². The normalized spacial score (nSPS) is 10.9. The molecule has 0 saturated heterocycles. The molecule has 140 valence electrons. The zero-order chi connectivity index (χ0) is 19.2. The van der Waals surface area contributed by atoms with Gasteiger partial charge in [-0.25, -0.2) is 4.98 Å². The van der Waals surface area contributed by atoms with Gasteiger partial charge in [0.15, 0.2) is 0 Å². The molecule has 2 N–H and O–H groups in total. The Hall–Kier alpha value is -2.99. The second-order valence-corrected chi connectivity index (χ2v) is 6.82. The van der Waals surface area contributed by atoms with E-state index >= 15 is 0 Å². The molecule has 0 aliphatic heterocycles. The van der Waals surface area contributed by atoms with Crippen LogP contribution in [0.3, 0.4) is 0 Å². The molecule has 0 amide bonds. The van der Waals surface area contributed by atoms with Crippen LogP contribution in [-0.2, 0) is 0 Å². The van der Waals surface area contributed by atoms with Gasteiger partial charge >= 0.3 is 0 Å². The highest BCUT2D eigenvalue weighted by Gasteiger charge is 2.09. The molecule has 0 radical (unpaired) electrons. The Kier molecular flexibility index (Phi) is 5.98. The van der Waals surface area contributed by atoms with E-state index in [0.717, 1.165) is 35.9 Å². The van der Waals surface area contributed by atoms with Gasteiger partial charge in [0.1, 0.15) is 5.82 Å². The molecule has 27 heavy (non-hydrogen) atoms. The number of anilines is 3. The van der Waals surface area contributed by atoms with Crippen molar-refractivity contribution >= 4 is 17.5 Å². The van der Waals surface area contributed by atoms with Crippen LogP contribution in [0.2, 0.25) is 0 Å². The summed E-state index contributed by atoms with van der Waals surface area (Å²) in [5.74, 6) is 1.38. The first-order chi connectivity index (χ1) is 13.0. The zero-order valence-electron chi connectivity index (χ0n) is 16.3.